The number of nitrogens with zero attached hydrogens (tertiary/aromatic N) is 1. The van der Waals surface area contributed by atoms with Gasteiger partial charge in [-0.15, -0.1) is 0 Å². The maximum absolute atomic E-state index is 9.92. The lowest BCUT2D eigenvalue weighted by molar-refractivity contribution is 0.0758. The molecule has 0 amide bonds. The second-order valence-corrected chi connectivity index (χ2v) is 6.29. The third-order valence-electron chi connectivity index (χ3n) is 4.85. The molecule has 0 radical (unpaired) electrons. The first-order valence-corrected chi connectivity index (χ1v) is 7.82. The Hall–Kier alpha value is -0.120. The molecule has 2 atom stereocenters. The minimum Gasteiger partial charge on any atom is -0.394 e. The van der Waals surface area contributed by atoms with E-state index in [0.29, 0.717) is 12.0 Å². The summed E-state index contributed by atoms with van der Waals surface area (Å²) in [4.78, 5) is 2.62. The van der Waals surface area contributed by atoms with Crippen LogP contribution in [0.5, 0.6) is 0 Å². The normalized spacial score (nSPS) is 29.8. The van der Waals surface area contributed by atoms with Crippen LogP contribution in [0, 0.1) is 5.92 Å². The number of nitrogens with one attached hydrogen (secondary N) is 1. The molecule has 3 nitrogen and oxygen atoms in total. The standard InChI is InChI=1S/C15H30N2O/c1-3-16-15(12-18,14-8-9-14)11-17-10-6-4-5-7-13(17)2/h13-14,16,18H,3-12H2,1-2H3. The SMILES string of the molecule is CCNC(CO)(CN1CCCCCC1C)C1CC1. The molecule has 1 aliphatic heterocycles. The largest absolute Gasteiger partial charge is 0.394 e. The molecule has 1 aliphatic carbocycles. The zero-order valence-electron chi connectivity index (χ0n) is 12.1. The molecule has 0 aromatic carbocycles. The van der Waals surface area contributed by atoms with Crippen LogP contribution in [0.3, 0.4) is 0 Å². The summed E-state index contributed by atoms with van der Waals surface area (Å²) in [7, 11) is 0. The van der Waals surface area contributed by atoms with E-state index in [-0.39, 0.29) is 12.1 Å². The number of hydrogen-bond acceptors (Lipinski definition) is 3. The molecule has 3 heteroatoms. The predicted octanol–water partition coefficient (Wildman–Crippen LogP) is 2.00. The highest BCUT2D eigenvalue weighted by molar-refractivity contribution is 5.03. The Morgan fingerprint density at radius 2 is 2.00 bits per heavy atom. The first-order valence-electron chi connectivity index (χ1n) is 7.82. The number of rotatable bonds is 6. The first kappa shape index (κ1) is 14.3. The molecular formula is C15H30N2O. The lowest BCUT2D eigenvalue weighted by Gasteiger charge is -2.40. The van der Waals surface area contributed by atoms with Crippen molar-refractivity contribution in [1.82, 2.24) is 10.2 Å². The topological polar surface area (TPSA) is 35.5 Å². The summed E-state index contributed by atoms with van der Waals surface area (Å²) < 4.78 is 0. The Balaban J connectivity index is 2.01. The number of likely N-dealkylation sites (N-methyl/N-ethyl adjacent to an activating group) is 1. The Kier molecular flexibility index (Phi) is 5.05. The lowest BCUT2D eigenvalue weighted by Crippen LogP contribution is -2.59. The van der Waals surface area contributed by atoms with Gasteiger partial charge in [-0.3, -0.25) is 4.90 Å². The molecule has 1 saturated heterocycles. The van der Waals surface area contributed by atoms with E-state index in [9.17, 15) is 5.11 Å². The van der Waals surface area contributed by atoms with E-state index in [1.54, 1.807) is 0 Å². The van der Waals surface area contributed by atoms with E-state index in [2.05, 4.69) is 24.1 Å². The maximum Gasteiger partial charge on any atom is 0.0628 e. The minimum atomic E-state index is -0.0344. The first-order chi connectivity index (χ1) is 8.72. The van der Waals surface area contributed by atoms with Gasteiger partial charge in [0.05, 0.1) is 12.1 Å². The highest BCUT2D eigenvalue weighted by Gasteiger charge is 2.45. The van der Waals surface area contributed by atoms with Crippen LogP contribution >= 0.6 is 0 Å². The van der Waals surface area contributed by atoms with Crippen LogP contribution in [-0.2, 0) is 0 Å². The zero-order chi connectivity index (χ0) is 13.0. The minimum absolute atomic E-state index is 0.0344. The second-order valence-electron chi connectivity index (χ2n) is 6.29. The van der Waals surface area contributed by atoms with Crippen molar-refractivity contribution < 1.29 is 5.11 Å². The van der Waals surface area contributed by atoms with E-state index in [4.69, 9.17) is 0 Å². The van der Waals surface area contributed by atoms with Gasteiger partial charge in [0.25, 0.3) is 0 Å². The number of aliphatic hydroxyl groups excluding tert-OH is 1. The molecule has 2 unspecified atom stereocenters. The van der Waals surface area contributed by atoms with E-state index >= 15 is 0 Å². The van der Waals surface area contributed by atoms with Crippen molar-refractivity contribution in [2.24, 2.45) is 5.92 Å². The maximum atomic E-state index is 9.92. The third-order valence-corrected chi connectivity index (χ3v) is 4.85. The van der Waals surface area contributed by atoms with Crippen LogP contribution in [0.2, 0.25) is 0 Å². The van der Waals surface area contributed by atoms with E-state index in [0.717, 1.165) is 13.1 Å². The molecule has 0 bridgehead atoms. The Labute approximate surface area is 112 Å². The van der Waals surface area contributed by atoms with Gasteiger partial charge in [0.15, 0.2) is 0 Å². The highest BCUT2D eigenvalue weighted by atomic mass is 16.3. The Bertz CT molecular complexity index is 255. The van der Waals surface area contributed by atoms with E-state index in [1.165, 1.54) is 45.1 Å². The average Bonchev–Trinajstić information content (AvgIpc) is 3.19. The van der Waals surface area contributed by atoms with Gasteiger partial charge >= 0.3 is 0 Å². The number of hydrogen-bond donors (Lipinski definition) is 2. The highest BCUT2D eigenvalue weighted by Crippen LogP contribution is 2.40. The van der Waals surface area contributed by atoms with Crippen molar-refractivity contribution >= 4 is 0 Å². The molecule has 1 heterocycles. The predicted molar refractivity (Wildman–Crippen MR) is 75.7 cm³/mol. The van der Waals surface area contributed by atoms with Crippen molar-refractivity contribution in [3.05, 3.63) is 0 Å². The van der Waals surface area contributed by atoms with Gasteiger partial charge in [0, 0.05) is 12.6 Å². The van der Waals surface area contributed by atoms with Gasteiger partial charge in [-0.25, -0.2) is 0 Å². The number of likely N-dealkylation sites (tertiary alicyclic amines) is 1. The molecule has 2 rings (SSSR count). The molecule has 0 aromatic heterocycles. The summed E-state index contributed by atoms with van der Waals surface area (Å²) in [5.74, 6) is 0.693. The van der Waals surface area contributed by atoms with E-state index in [1.807, 2.05) is 0 Å². The fourth-order valence-electron chi connectivity index (χ4n) is 3.48. The molecular weight excluding hydrogens is 224 g/mol. The van der Waals surface area contributed by atoms with Crippen LogP contribution in [-0.4, -0.2) is 47.8 Å². The summed E-state index contributed by atoms with van der Waals surface area (Å²) in [6, 6.07) is 0.677. The molecule has 2 aliphatic rings. The summed E-state index contributed by atoms with van der Waals surface area (Å²) in [6.45, 7) is 7.99. The van der Waals surface area contributed by atoms with Crippen molar-refractivity contribution in [1.29, 1.82) is 0 Å². The van der Waals surface area contributed by atoms with Crippen molar-refractivity contribution in [3.63, 3.8) is 0 Å². The third kappa shape index (κ3) is 3.25. The molecule has 2 N–H and O–H groups in total. The van der Waals surface area contributed by atoms with E-state index < -0.39 is 0 Å². The van der Waals surface area contributed by atoms with Crippen LogP contribution in [0.4, 0.5) is 0 Å². The molecule has 2 fully saturated rings. The van der Waals surface area contributed by atoms with Gasteiger partial charge < -0.3 is 10.4 Å². The van der Waals surface area contributed by atoms with Gasteiger partial charge in [0.2, 0.25) is 0 Å². The molecule has 106 valence electrons. The van der Waals surface area contributed by atoms with Gasteiger partial charge in [0.1, 0.15) is 0 Å². The van der Waals surface area contributed by atoms with Crippen LogP contribution < -0.4 is 5.32 Å². The lowest BCUT2D eigenvalue weighted by atomic mass is 9.92. The Morgan fingerprint density at radius 3 is 2.61 bits per heavy atom. The fourth-order valence-corrected chi connectivity index (χ4v) is 3.48. The molecule has 0 aromatic rings. The molecule has 0 spiro atoms. The van der Waals surface area contributed by atoms with Crippen molar-refractivity contribution in [2.75, 3.05) is 26.2 Å². The summed E-state index contributed by atoms with van der Waals surface area (Å²) in [6.07, 6.45) is 7.96. The van der Waals surface area contributed by atoms with Crippen LogP contribution in [0.15, 0.2) is 0 Å². The molecule has 1 saturated carbocycles. The van der Waals surface area contributed by atoms with Crippen molar-refractivity contribution in [2.45, 2.75) is 64.0 Å². The van der Waals surface area contributed by atoms with Gasteiger partial charge in [-0.1, -0.05) is 19.8 Å². The Morgan fingerprint density at radius 1 is 1.22 bits per heavy atom. The van der Waals surface area contributed by atoms with Crippen molar-refractivity contribution in [3.8, 4) is 0 Å². The summed E-state index contributed by atoms with van der Waals surface area (Å²) >= 11 is 0. The quantitative estimate of drug-likeness (QED) is 0.761. The van der Waals surface area contributed by atoms with Gasteiger partial charge in [-0.2, -0.15) is 0 Å². The summed E-state index contributed by atoms with van der Waals surface area (Å²) in [5.41, 5.74) is -0.0344. The monoisotopic (exact) mass is 254 g/mol. The van der Waals surface area contributed by atoms with Crippen LogP contribution in [0.1, 0.15) is 52.4 Å². The zero-order valence-corrected chi connectivity index (χ0v) is 12.1. The average molecular weight is 254 g/mol. The van der Waals surface area contributed by atoms with Gasteiger partial charge in [-0.05, 0) is 51.6 Å². The molecule has 18 heavy (non-hydrogen) atoms. The fraction of sp³-hybridized carbons (Fsp3) is 1.00. The number of aliphatic hydroxyl groups is 1. The summed E-state index contributed by atoms with van der Waals surface area (Å²) in [5, 5.41) is 13.5. The van der Waals surface area contributed by atoms with Crippen LogP contribution in [0.25, 0.3) is 0 Å². The smallest absolute Gasteiger partial charge is 0.0628 e. The second kappa shape index (κ2) is 6.36.